The molecule has 2 heterocycles. The second kappa shape index (κ2) is 10.1. The molecule has 0 spiro atoms. The molecule has 2 aliphatic heterocycles. The van der Waals surface area contributed by atoms with E-state index < -0.39 is 0 Å². The van der Waals surface area contributed by atoms with Crippen molar-refractivity contribution in [1.29, 1.82) is 0 Å². The number of carbonyl (C=O) groups is 2. The molecule has 4 rings (SSSR count). The minimum Gasteiger partial charge on any atom is -0.356 e. The van der Waals surface area contributed by atoms with Gasteiger partial charge in [0.05, 0.1) is 5.92 Å². The first kappa shape index (κ1) is 21.5. The van der Waals surface area contributed by atoms with E-state index in [0.717, 1.165) is 31.6 Å². The van der Waals surface area contributed by atoms with E-state index in [2.05, 4.69) is 34.5 Å². The number of carbonyl (C=O) groups excluding carboxylic acids is 2. The number of nitrogens with zero attached hydrogens (tertiary/aromatic N) is 2. The Morgan fingerprint density at radius 2 is 1.84 bits per heavy atom. The minimum atomic E-state index is -0.266. The Hall–Kier alpha value is -2.73. The van der Waals surface area contributed by atoms with Gasteiger partial charge in [0.1, 0.15) is 5.82 Å². The van der Waals surface area contributed by atoms with Gasteiger partial charge in [-0.05, 0) is 48.1 Å². The molecule has 0 aliphatic carbocycles. The Morgan fingerprint density at radius 1 is 1.06 bits per heavy atom. The Bertz CT molecular complexity index is 907. The summed E-state index contributed by atoms with van der Waals surface area (Å²) in [4.78, 5) is 29.1. The molecule has 164 valence electrons. The van der Waals surface area contributed by atoms with Crippen LogP contribution in [0.15, 0.2) is 48.5 Å². The van der Waals surface area contributed by atoms with Crippen molar-refractivity contribution < 1.29 is 14.0 Å². The van der Waals surface area contributed by atoms with E-state index in [1.165, 1.54) is 23.3 Å². The van der Waals surface area contributed by atoms with Gasteiger partial charge in [0.25, 0.3) is 0 Å². The number of hydrogen-bond acceptors (Lipinski definition) is 3. The molecule has 1 saturated heterocycles. The predicted molar refractivity (Wildman–Crippen MR) is 118 cm³/mol. The van der Waals surface area contributed by atoms with Crippen LogP contribution in [0, 0.1) is 11.7 Å². The van der Waals surface area contributed by atoms with Gasteiger partial charge < -0.3 is 10.2 Å². The molecule has 2 amide bonds. The maximum atomic E-state index is 13.4. The van der Waals surface area contributed by atoms with Gasteiger partial charge in [-0.2, -0.15) is 0 Å². The van der Waals surface area contributed by atoms with E-state index in [1.54, 1.807) is 11.0 Å². The van der Waals surface area contributed by atoms with E-state index in [-0.39, 0.29) is 23.5 Å². The summed E-state index contributed by atoms with van der Waals surface area (Å²) in [7, 11) is 0. The largest absolute Gasteiger partial charge is 0.356 e. The fourth-order valence-electron chi connectivity index (χ4n) is 4.52. The van der Waals surface area contributed by atoms with Gasteiger partial charge in [-0.15, -0.1) is 0 Å². The number of piperidine rings is 1. The van der Waals surface area contributed by atoms with Crippen LogP contribution in [0.25, 0.3) is 0 Å². The fourth-order valence-corrected chi connectivity index (χ4v) is 4.52. The molecule has 0 aromatic heterocycles. The third-order valence-electron chi connectivity index (χ3n) is 6.29. The first-order valence-electron chi connectivity index (χ1n) is 11.2. The van der Waals surface area contributed by atoms with Crippen LogP contribution in [-0.2, 0) is 29.1 Å². The third kappa shape index (κ3) is 5.70. The summed E-state index contributed by atoms with van der Waals surface area (Å²) < 4.78 is 13.4. The van der Waals surface area contributed by atoms with Crippen molar-refractivity contribution in [1.82, 2.24) is 15.1 Å². The van der Waals surface area contributed by atoms with Crippen LogP contribution >= 0.6 is 0 Å². The van der Waals surface area contributed by atoms with Crippen LogP contribution in [0.2, 0.25) is 0 Å². The van der Waals surface area contributed by atoms with Crippen LogP contribution in [0.4, 0.5) is 4.39 Å². The summed E-state index contributed by atoms with van der Waals surface area (Å²) in [6.45, 7) is 4.53. The predicted octanol–water partition coefficient (Wildman–Crippen LogP) is 3.13. The lowest BCUT2D eigenvalue weighted by molar-refractivity contribution is -0.138. The number of fused-ring (bicyclic) bond motifs is 1. The standard InChI is InChI=1S/C25H30FN3O2/c26-23-8-3-5-19(15-23)11-14-29-18-22(9-10-24(29)30)25(31)27-12-4-13-28-16-20-6-1-2-7-21(20)17-28/h1-3,5-8,15,22H,4,9-14,16-18H2,(H,27,31). The SMILES string of the molecule is O=C(NCCCN1Cc2ccccc2C1)C1CCC(=O)N(CCc2cccc(F)c2)C1. The van der Waals surface area contributed by atoms with Gasteiger partial charge in [-0.1, -0.05) is 36.4 Å². The Kier molecular flexibility index (Phi) is 6.97. The first-order valence-corrected chi connectivity index (χ1v) is 11.2. The molecule has 1 N–H and O–H groups in total. The molecule has 1 unspecified atom stereocenters. The van der Waals surface area contributed by atoms with E-state index in [9.17, 15) is 14.0 Å². The number of hydrogen-bond donors (Lipinski definition) is 1. The van der Waals surface area contributed by atoms with Gasteiger partial charge in [-0.3, -0.25) is 14.5 Å². The van der Waals surface area contributed by atoms with E-state index >= 15 is 0 Å². The van der Waals surface area contributed by atoms with Gasteiger partial charge in [0.2, 0.25) is 11.8 Å². The van der Waals surface area contributed by atoms with Crippen molar-refractivity contribution in [3.8, 4) is 0 Å². The second-order valence-corrected chi connectivity index (χ2v) is 8.58. The van der Waals surface area contributed by atoms with Gasteiger partial charge in [-0.25, -0.2) is 4.39 Å². The topological polar surface area (TPSA) is 52.7 Å². The highest BCUT2D eigenvalue weighted by atomic mass is 19.1. The summed E-state index contributed by atoms with van der Waals surface area (Å²) in [5, 5.41) is 3.06. The van der Waals surface area contributed by atoms with Gasteiger partial charge in [0, 0.05) is 45.7 Å². The number of benzene rings is 2. The molecule has 0 saturated carbocycles. The zero-order valence-corrected chi connectivity index (χ0v) is 17.9. The van der Waals surface area contributed by atoms with Crippen molar-refractivity contribution >= 4 is 11.8 Å². The van der Waals surface area contributed by atoms with Crippen molar-refractivity contribution in [2.75, 3.05) is 26.2 Å². The van der Waals surface area contributed by atoms with Crippen molar-refractivity contribution in [2.24, 2.45) is 5.92 Å². The van der Waals surface area contributed by atoms with Crippen LogP contribution in [-0.4, -0.2) is 47.8 Å². The molecule has 1 atom stereocenters. The maximum absolute atomic E-state index is 13.4. The summed E-state index contributed by atoms with van der Waals surface area (Å²) in [5.41, 5.74) is 3.66. The number of likely N-dealkylation sites (tertiary alicyclic amines) is 1. The Morgan fingerprint density at radius 3 is 2.58 bits per heavy atom. The summed E-state index contributed by atoms with van der Waals surface area (Å²) in [5.74, 6) is -0.319. The fraction of sp³-hybridized carbons (Fsp3) is 0.440. The number of halogens is 1. The van der Waals surface area contributed by atoms with E-state index in [0.29, 0.717) is 38.9 Å². The molecule has 0 radical (unpaired) electrons. The number of rotatable bonds is 8. The molecule has 5 nitrogen and oxygen atoms in total. The summed E-state index contributed by atoms with van der Waals surface area (Å²) in [6, 6.07) is 15.0. The monoisotopic (exact) mass is 423 g/mol. The van der Waals surface area contributed by atoms with Gasteiger partial charge in [0.15, 0.2) is 0 Å². The first-order chi connectivity index (χ1) is 15.1. The quantitative estimate of drug-likeness (QED) is 0.664. The van der Waals surface area contributed by atoms with Crippen molar-refractivity contribution in [3.05, 3.63) is 71.0 Å². The number of nitrogens with one attached hydrogen (secondary N) is 1. The van der Waals surface area contributed by atoms with E-state index in [4.69, 9.17) is 0 Å². The lowest BCUT2D eigenvalue weighted by atomic mass is 9.96. The second-order valence-electron chi connectivity index (χ2n) is 8.58. The molecule has 1 fully saturated rings. The molecular weight excluding hydrogens is 393 g/mol. The lowest BCUT2D eigenvalue weighted by Gasteiger charge is -2.32. The maximum Gasteiger partial charge on any atom is 0.224 e. The smallest absolute Gasteiger partial charge is 0.224 e. The molecule has 31 heavy (non-hydrogen) atoms. The molecule has 0 bridgehead atoms. The summed E-state index contributed by atoms with van der Waals surface area (Å²) >= 11 is 0. The van der Waals surface area contributed by atoms with E-state index in [1.807, 2.05) is 6.07 Å². The van der Waals surface area contributed by atoms with Crippen LogP contribution in [0.5, 0.6) is 0 Å². The zero-order chi connectivity index (χ0) is 21.6. The van der Waals surface area contributed by atoms with Crippen LogP contribution in [0.1, 0.15) is 36.0 Å². The molecule has 2 aliphatic rings. The highest BCUT2D eigenvalue weighted by Crippen LogP contribution is 2.22. The normalized spacial score (nSPS) is 18.8. The molecular formula is C25H30FN3O2. The summed E-state index contributed by atoms with van der Waals surface area (Å²) in [6.07, 6.45) is 2.50. The third-order valence-corrected chi connectivity index (χ3v) is 6.29. The average Bonchev–Trinajstić information content (AvgIpc) is 3.19. The average molecular weight is 424 g/mol. The Labute approximate surface area is 183 Å². The number of amides is 2. The zero-order valence-electron chi connectivity index (χ0n) is 17.9. The highest BCUT2D eigenvalue weighted by Gasteiger charge is 2.29. The molecule has 2 aromatic rings. The van der Waals surface area contributed by atoms with Crippen LogP contribution in [0.3, 0.4) is 0 Å². The van der Waals surface area contributed by atoms with Crippen molar-refractivity contribution in [3.63, 3.8) is 0 Å². The molecule has 2 aromatic carbocycles. The highest BCUT2D eigenvalue weighted by molar-refractivity contribution is 5.83. The van der Waals surface area contributed by atoms with Gasteiger partial charge >= 0.3 is 0 Å². The minimum absolute atomic E-state index is 0.0352. The van der Waals surface area contributed by atoms with Crippen molar-refractivity contribution in [2.45, 2.75) is 38.8 Å². The Balaban J connectivity index is 1.17. The lowest BCUT2D eigenvalue weighted by Crippen LogP contribution is -2.46. The molecule has 6 heteroatoms. The van der Waals surface area contributed by atoms with Crippen LogP contribution < -0.4 is 5.32 Å².